The highest BCUT2D eigenvalue weighted by molar-refractivity contribution is 5.83. The third-order valence-corrected chi connectivity index (χ3v) is 5.70. The number of benzene rings is 2. The SMILES string of the molecule is N#CC1(NC(=O)[C@@H](O)c2ccc(-c3noc(-c4onc(-c5ccccc5)c4C(F)(F)F)n3)cc2)CC1. The molecule has 5 rings (SSSR count). The van der Waals surface area contributed by atoms with Gasteiger partial charge in [-0.1, -0.05) is 64.9 Å². The average Bonchev–Trinajstić information content (AvgIpc) is 3.27. The molecule has 2 aromatic carbocycles. The van der Waals surface area contributed by atoms with Gasteiger partial charge in [0.25, 0.3) is 11.8 Å². The van der Waals surface area contributed by atoms with Crippen molar-refractivity contribution in [3.63, 3.8) is 0 Å². The van der Waals surface area contributed by atoms with Crippen LogP contribution in [0.15, 0.2) is 63.6 Å². The van der Waals surface area contributed by atoms with Crippen LogP contribution in [0.4, 0.5) is 13.2 Å². The van der Waals surface area contributed by atoms with Gasteiger partial charge in [0, 0.05) is 11.1 Å². The maximum atomic E-state index is 13.9. The van der Waals surface area contributed by atoms with Crippen molar-refractivity contribution >= 4 is 5.91 Å². The standard InChI is InChI=1S/C24H16F3N5O4/c25-24(26,27)16-17(13-4-2-1-3-5-13)31-35-19(16)22-29-20(32-36-22)15-8-6-14(7-9-15)18(33)21(34)30-23(12-28)10-11-23/h1-9,18,33H,10-11H2,(H,30,34)/t18-/m0/s1. The molecule has 2 N–H and O–H groups in total. The fraction of sp³-hybridized carbons (Fsp3) is 0.208. The Morgan fingerprint density at radius 1 is 1.06 bits per heavy atom. The third-order valence-electron chi connectivity index (χ3n) is 5.70. The highest BCUT2D eigenvalue weighted by Crippen LogP contribution is 2.43. The van der Waals surface area contributed by atoms with Crippen molar-refractivity contribution in [2.75, 3.05) is 0 Å². The van der Waals surface area contributed by atoms with Gasteiger partial charge in [0.15, 0.2) is 6.10 Å². The van der Waals surface area contributed by atoms with Crippen molar-refractivity contribution in [3.8, 4) is 40.4 Å². The zero-order chi connectivity index (χ0) is 25.5. The molecule has 1 saturated carbocycles. The summed E-state index contributed by atoms with van der Waals surface area (Å²) in [5.74, 6) is -1.97. The topological polar surface area (TPSA) is 138 Å². The molecule has 9 nitrogen and oxygen atoms in total. The smallest absolute Gasteiger partial charge is 0.378 e. The fourth-order valence-electron chi connectivity index (χ4n) is 3.58. The first-order valence-corrected chi connectivity index (χ1v) is 10.7. The van der Waals surface area contributed by atoms with Crippen LogP contribution in [0.1, 0.15) is 30.1 Å². The lowest BCUT2D eigenvalue weighted by Gasteiger charge is -2.14. The van der Waals surface area contributed by atoms with Crippen LogP contribution in [0.3, 0.4) is 0 Å². The number of hydrogen-bond donors (Lipinski definition) is 2. The molecule has 12 heteroatoms. The molecule has 0 spiro atoms. The van der Waals surface area contributed by atoms with E-state index >= 15 is 0 Å². The average molecular weight is 495 g/mol. The molecule has 0 radical (unpaired) electrons. The predicted molar refractivity (Wildman–Crippen MR) is 116 cm³/mol. The lowest BCUT2D eigenvalue weighted by atomic mass is 10.1. The van der Waals surface area contributed by atoms with Crippen LogP contribution in [-0.4, -0.2) is 31.8 Å². The number of alkyl halides is 3. The monoisotopic (exact) mass is 495 g/mol. The summed E-state index contributed by atoms with van der Waals surface area (Å²) in [5.41, 5.74) is -1.66. The summed E-state index contributed by atoms with van der Waals surface area (Å²) >= 11 is 0. The van der Waals surface area contributed by atoms with Crippen LogP contribution < -0.4 is 5.32 Å². The number of halogens is 3. The number of carbonyl (C=O) groups is 1. The number of nitriles is 1. The molecule has 0 unspecified atom stereocenters. The maximum Gasteiger partial charge on any atom is 0.422 e. The van der Waals surface area contributed by atoms with Crippen molar-refractivity contribution in [1.82, 2.24) is 20.6 Å². The van der Waals surface area contributed by atoms with Crippen LogP contribution in [0.25, 0.3) is 34.3 Å². The summed E-state index contributed by atoms with van der Waals surface area (Å²) < 4.78 is 51.7. The van der Waals surface area contributed by atoms with Gasteiger partial charge in [0.05, 0.1) is 6.07 Å². The molecule has 36 heavy (non-hydrogen) atoms. The summed E-state index contributed by atoms with van der Waals surface area (Å²) in [6.45, 7) is 0. The van der Waals surface area contributed by atoms with Crippen LogP contribution in [0, 0.1) is 11.3 Å². The number of nitrogens with one attached hydrogen (secondary N) is 1. The first kappa shape index (κ1) is 23.3. The van der Waals surface area contributed by atoms with Crippen molar-refractivity contribution in [2.45, 2.75) is 30.7 Å². The zero-order valence-electron chi connectivity index (χ0n) is 18.3. The first-order chi connectivity index (χ1) is 17.2. The van der Waals surface area contributed by atoms with E-state index in [1.807, 2.05) is 6.07 Å². The molecule has 2 heterocycles. The van der Waals surface area contributed by atoms with E-state index in [4.69, 9.17) is 14.3 Å². The second kappa shape index (κ2) is 8.62. The number of aliphatic hydroxyl groups excluding tert-OH is 1. The highest BCUT2D eigenvalue weighted by Gasteiger charge is 2.45. The Kier molecular flexibility index (Phi) is 5.57. The molecular weight excluding hydrogens is 479 g/mol. The number of amides is 1. The number of carbonyl (C=O) groups excluding carboxylic acids is 1. The van der Waals surface area contributed by atoms with Gasteiger partial charge < -0.3 is 19.5 Å². The molecule has 1 amide bonds. The molecule has 182 valence electrons. The number of nitrogens with zero attached hydrogens (tertiary/aromatic N) is 4. The second-order valence-electron chi connectivity index (χ2n) is 8.23. The van der Waals surface area contributed by atoms with Crippen LogP contribution in [-0.2, 0) is 11.0 Å². The Hall–Kier alpha value is -4.50. The van der Waals surface area contributed by atoms with Crippen LogP contribution >= 0.6 is 0 Å². The van der Waals surface area contributed by atoms with Gasteiger partial charge in [-0.05, 0) is 18.4 Å². The molecular formula is C24H16F3N5O4. The van der Waals surface area contributed by atoms with Gasteiger partial charge in [-0.25, -0.2) is 0 Å². The summed E-state index contributed by atoms with van der Waals surface area (Å²) in [4.78, 5) is 16.3. The lowest BCUT2D eigenvalue weighted by Crippen LogP contribution is -2.38. The van der Waals surface area contributed by atoms with E-state index in [-0.39, 0.29) is 17.0 Å². The summed E-state index contributed by atoms with van der Waals surface area (Å²) in [6.07, 6.45) is -5.27. The van der Waals surface area contributed by atoms with Crippen molar-refractivity contribution in [1.29, 1.82) is 5.26 Å². The quantitative estimate of drug-likeness (QED) is 0.404. The molecule has 1 atom stereocenters. The molecule has 4 aromatic rings. The second-order valence-corrected chi connectivity index (χ2v) is 8.23. The van der Waals surface area contributed by atoms with Gasteiger partial charge in [-0.2, -0.15) is 23.4 Å². The normalized spacial score (nSPS) is 15.2. The number of hydrogen-bond acceptors (Lipinski definition) is 8. The third kappa shape index (κ3) is 4.32. The van der Waals surface area contributed by atoms with E-state index < -0.39 is 46.6 Å². The minimum absolute atomic E-state index is 0.0392. The van der Waals surface area contributed by atoms with Gasteiger partial charge in [0.2, 0.25) is 11.6 Å². The van der Waals surface area contributed by atoms with Crippen molar-refractivity contribution in [2.24, 2.45) is 0 Å². The molecule has 0 bridgehead atoms. The fourth-order valence-corrected chi connectivity index (χ4v) is 3.58. The van der Waals surface area contributed by atoms with E-state index in [1.54, 1.807) is 18.2 Å². The minimum atomic E-state index is -4.81. The Bertz CT molecular complexity index is 1450. The Morgan fingerprint density at radius 3 is 2.36 bits per heavy atom. The highest BCUT2D eigenvalue weighted by atomic mass is 19.4. The molecule has 1 aliphatic rings. The van der Waals surface area contributed by atoms with E-state index in [9.17, 15) is 23.1 Å². The number of aromatic nitrogens is 3. The molecule has 1 fully saturated rings. The van der Waals surface area contributed by atoms with E-state index in [0.29, 0.717) is 18.4 Å². The number of rotatable bonds is 6. The molecule has 1 aliphatic carbocycles. The summed E-state index contributed by atoms with van der Waals surface area (Å²) in [6, 6.07) is 15.6. The van der Waals surface area contributed by atoms with E-state index in [0.717, 1.165) is 0 Å². The Morgan fingerprint density at radius 2 is 1.75 bits per heavy atom. The van der Waals surface area contributed by atoms with E-state index in [1.165, 1.54) is 36.4 Å². The maximum absolute atomic E-state index is 13.9. The molecule has 0 saturated heterocycles. The number of aliphatic hydroxyl groups is 1. The van der Waals surface area contributed by atoms with E-state index in [2.05, 4.69) is 20.6 Å². The van der Waals surface area contributed by atoms with Gasteiger partial charge in [-0.15, -0.1) is 0 Å². The lowest BCUT2D eigenvalue weighted by molar-refractivity contribution is -0.137. The van der Waals surface area contributed by atoms with Gasteiger partial charge in [0.1, 0.15) is 16.8 Å². The summed E-state index contributed by atoms with van der Waals surface area (Å²) in [7, 11) is 0. The van der Waals surface area contributed by atoms with Gasteiger partial charge in [-0.3, -0.25) is 4.79 Å². The molecule has 0 aliphatic heterocycles. The van der Waals surface area contributed by atoms with Crippen molar-refractivity contribution in [3.05, 3.63) is 65.7 Å². The molecule has 2 aromatic heterocycles. The predicted octanol–water partition coefficient (Wildman–Crippen LogP) is 4.28. The van der Waals surface area contributed by atoms with Gasteiger partial charge >= 0.3 is 6.18 Å². The first-order valence-electron chi connectivity index (χ1n) is 10.7. The zero-order valence-corrected chi connectivity index (χ0v) is 18.3. The Labute approximate surface area is 201 Å². The Balaban J connectivity index is 1.40. The van der Waals surface area contributed by atoms with Crippen molar-refractivity contribution < 1.29 is 32.1 Å². The largest absolute Gasteiger partial charge is 0.422 e. The minimum Gasteiger partial charge on any atom is -0.378 e. The summed E-state index contributed by atoms with van der Waals surface area (Å²) in [5, 5.41) is 29.2. The van der Waals surface area contributed by atoms with Crippen LogP contribution in [0.2, 0.25) is 0 Å². The van der Waals surface area contributed by atoms with Crippen LogP contribution in [0.5, 0.6) is 0 Å².